The first kappa shape index (κ1) is 9.21. The summed E-state index contributed by atoms with van der Waals surface area (Å²) in [6.45, 7) is 2.54. The van der Waals surface area contributed by atoms with Gasteiger partial charge in [0, 0.05) is 5.54 Å². The fraction of sp³-hybridized carbons (Fsp3) is 1.00. The van der Waals surface area contributed by atoms with Crippen LogP contribution in [0.1, 0.15) is 45.4 Å². The molecule has 0 aliphatic heterocycles. The number of nitrogens with zero attached hydrogens (tertiary/aromatic N) is 1. The van der Waals surface area contributed by atoms with Gasteiger partial charge in [0.1, 0.15) is 0 Å². The Morgan fingerprint density at radius 1 is 1.00 bits per heavy atom. The van der Waals surface area contributed by atoms with E-state index in [1.807, 2.05) is 0 Å². The standard InChI is InChI=1S/C13H23N/c1-12-5-10-4-11(6-12)8-13(7-10,9-12)14(2)3/h10-11H,4-9H2,1-3H3. The van der Waals surface area contributed by atoms with Gasteiger partial charge in [0.2, 0.25) is 0 Å². The molecule has 0 radical (unpaired) electrons. The summed E-state index contributed by atoms with van der Waals surface area (Å²) in [4.78, 5) is 2.54. The van der Waals surface area contributed by atoms with Crippen molar-refractivity contribution in [2.75, 3.05) is 14.1 Å². The number of hydrogen-bond acceptors (Lipinski definition) is 1. The van der Waals surface area contributed by atoms with Crippen molar-refractivity contribution in [2.45, 2.75) is 51.0 Å². The fourth-order valence-corrected chi connectivity index (χ4v) is 5.19. The van der Waals surface area contributed by atoms with Gasteiger partial charge in [-0.15, -0.1) is 0 Å². The van der Waals surface area contributed by atoms with Gasteiger partial charge in [0.25, 0.3) is 0 Å². The lowest BCUT2D eigenvalue weighted by atomic mass is 9.47. The van der Waals surface area contributed by atoms with Gasteiger partial charge in [-0.1, -0.05) is 6.92 Å². The van der Waals surface area contributed by atoms with Crippen LogP contribution in [-0.4, -0.2) is 24.5 Å². The average Bonchev–Trinajstić information content (AvgIpc) is 1.98. The fourth-order valence-electron chi connectivity index (χ4n) is 5.19. The molecule has 0 saturated heterocycles. The van der Waals surface area contributed by atoms with Crippen molar-refractivity contribution in [3.05, 3.63) is 0 Å². The highest BCUT2D eigenvalue weighted by atomic mass is 15.2. The van der Waals surface area contributed by atoms with Crippen LogP contribution < -0.4 is 0 Å². The molecule has 0 heterocycles. The van der Waals surface area contributed by atoms with E-state index in [1.54, 1.807) is 6.42 Å². The van der Waals surface area contributed by atoms with Gasteiger partial charge in [-0.05, 0) is 69.9 Å². The zero-order valence-corrected chi connectivity index (χ0v) is 9.84. The lowest BCUT2D eigenvalue weighted by molar-refractivity contribution is -0.112. The van der Waals surface area contributed by atoms with E-state index in [0.29, 0.717) is 11.0 Å². The Morgan fingerprint density at radius 3 is 2.00 bits per heavy atom. The minimum atomic E-state index is 0.596. The Bertz CT molecular complexity index is 242. The molecule has 0 amide bonds. The molecule has 14 heavy (non-hydrogen) atoms. The van der Waals surface area contributed by atoms with Crippen molar-refractivity contribution in [3.8, 4) is 0 Å². The second kappa shape index (κ2) is 2.55. The zero-order valence-electron chi connectivity index (χ0n) is 9.84. The van der Waals surface area contributed by atoms with Crippen LogP contribution in [-0.2, 0) is 0 Å². The van der Waals surface area contributed by atoms with E-state index in [9.17, 15) is 0 Å². The van der Waals surface area contributed by atoms with Gasteiger partial charge in [-0.25, -0.2) is 0 Å². The minimum Gasteiger partial charge on any atom is -0.304 e. The lowest BCUT2D eigenvalue weighted by Crippen LogP contribution is -2.60. The van der Waals surface area contributed by atoms with E-state index in [4.69, 9.17) is 0 Å². The van der Waals surface area contributed by atoms with Crippen molar-refractivity contribution < 1.29 is 0 Å². The smallest absolute Gasteiger partial charge is 0.0214 e. The molecule has 1 heteroatoms. The first-order chi connectivity index (χ1) is 6.51. The summed E-state index contributed by atoms with van der Waals surface area (Å²) in [6.07, 6.45) is 9.06. The molecule has 0 N–H and O–H groups in total. The van der Waals surface area contributed by atoms with Crippen LogP contribution in [0.15, 0.2) is 0 Å². The molecule has 2 atom stereocenters. The van der Waals surface area contributed by atoms with Crippen molar-refractivity contribution >= 4 is 0 Å². The van der Waals surface area contributed by atoms with E-state index >= 15 is 0 Å². The van der Waals surface area contributed by atoms with Gasteiger partial charge in [-0.2, -0.15) is 0 Å². The normalized spacial score (nSPS) is 55.7. The summed E-state index contributed by atoms with van der Waals surface area (Å²) in [5.74, 6) is 2.12. The van der Waals surface area contributed by atoms with Gasteiger partial charge in [-0.3, -0.25) is 0 Å². The summed E-state index contributed by atoms with van der Waals surface area (Å²) in [7, 11) is 4.60. The third-order valence-corrected chi connectivity index (χ3v) is 5.27. The van der Waals surface area contributed by atoms with Crippen molar-refractivity contribution in [1.29, 1.82) is 0 Å². The first-order valence-corrected chi connectivity index (χ1v) is 6.19. The van der Waals surface area contributed by atoms with Crippen molar-refractivity contribution in [1.82, 2.24) is 4.90 Å². The highest BCUT2D eigenvalue weighted by molar-refractivity contribution is 5.10. The predicted octanol–water partition coefficient (Wildman–Crippen LogP) is 2.91. The molecule has 0 aromatic carbocycles. The summed E-state index contributed by atoms with van der Waals surface area (Å²) in [6, 6.07) is 0. The Kier molecular flexibility index (Phi) is 1.68. The molecule has 1 nitrogen and oxygen atoms in total. The van der Waals surface area contributed by atoms with Crippen LogP contribution in [0.2, 0.25) is 0 Å². The van der Waals surface area contributed by atoms with Gasteiger partial charge < -0.3 is 4.90 Å². The van der Waals surface area contributed by atoms with E-state index in [-0.39, 0.29) is 0 Å². The first-order valence-electron chi connectivity index (χ1n) is 6.19. The minimum absolute atomic E-state index is 0.596. The molecule has 0 aromatic rings. The Balaban J connectivity index is 1.96. The molecular weight excluding hydrogens is 170 g/mol. The zero-order chi connectivity index (χ0) is 9.97. The molecule has 2 unspecified atom stereocenters. The van der Waals surface area contributed by atoms with Gasteiger partial charge in [0.15, 0.2) is 0 Å². The Hall–Kier alpha value is -0.0400. The summed E-state index contributed by atoms with van der Waals surface area (Å²) < 4.78 is 0. The molecular formula is C13H23N. The Morgan fingerprint density at radius 2 is 1.57 bits per heavy atom. The Labute approximate surface area is 87.9 Å². The maximum atomic E-state index is 2.54. The predicted molar refractivity (Wildman–Crippen MR) is 59.2 cm³/mol. The highest BCUT2D eigenvalue weighted by Crippen LogP contribution is 2.62. The largest absolute Gasteiger partial charge is 0.304 e. The van der Waals surface area contributed by atoms with Crippen LogP contribution in [0.25, 0.3) is 0 Å². The topological polar surface area (TPSA) is 3.24 Å². The van der Waals surface area contributed by atoms with E-state index in [1.165, 1.54) is 32.1 Å². The van der Waals surface area contributed by atoms with Gasteiger partial charge in [0.05, 0.1) is 0 Å². The molecule has 4 aliphatic rings. The number of rotatable bonds is 1. The molecule has 0 spiro atoms. The van der Waals surface area contributed by atoms with Crippen LogP contribution >= 0.6 is 0 Å². The van der Waals surface area contributed by atoms with Gasteiger partial charge >= 0.3 is 0 Å². The summed E-state index contributed by atoms with van der Waals surface area (Å²) >= 11 is 0. The SMILES string of the molecule is CN(C)C12CC3CC(CC(C)(C3)C1)C2. The molecule has 4 rings (SSSR count). The third kappa shape index (κ3) is 1.11. The van der Waals surface area contributed by atoms with Crippen LogP contribution in [0.4, 0.5) is 0 Å². The van der Waals surface area contributed by atoms with Crippen molar-refractivity contribution in [3.63, 3.8) is 0 Å². The molecule has 4 aliphatic carbocycles. The summed E-state index contributed by atoms with van der Waals surface area (Å²) in [5, 5.41) is 0. The van der Waals surface area contributed by atoms with Crippen LogP contribution in [0.5, 0.6) is 0 Å². The monoisotopic (exact) mass is 193 g/mol. The maximum absolute atomic E-state index is 2.54. The molecule has 80 valence electrons. The van der Waals surface area contributed by atoms with Crippen LogP contribution in [0.3, 0.4) is 0 Å². The number of hydrogen-bond donors (Lipinski definition) is 0. The van der Waals surface area contributed by atoms with Crippen molar-refractivity contribution in [2.24, 2.45) is 17.3 Å². The third-order valence-electron chi connectivity index (χ3n) is 5.27. The molecule has 4 fully saturated rings. The van der Waals surface area contributed by atoms with E-state index in [2.05, 4.69) is 25.9 Å². The van der Waals surface area contributed by atoms with E-state index in [0.717, 1.165) is 11.8 Å². The summed E-state index contributed by atoms with van der Waals surface area (Å²) in [5.41, 5.74) is 1.30. The average molecular weight is 193 g/mol. The second-order valence-corrected chi connectivity index (χ2v) is 6.89. The van der Waals surface area contributed by atoms with Crippen LogP contribution in [0, 0.1) is 17.3 Å². The molecule has 4 bridgehead atoms. The molecule has 0 aromatic heterocycles. The highest BCUT2D eigenvalue weighted by Gasteiger charge is 2.56. The quantitative estimate of drug-likeness (QED) is 0.619. The van der Waals surface area contributed by atoms with E-state index < -0.39 is 0 Å². The lowest BCUT2D eigenvalue weighted by Gasteiger charge is -2.63. The maximum Gasteiger partial charge on any atom is 0.0214 e. The molecule has 4 saturated carbocycles. The second-order valence-electron chi connectivity index (χ2n) is 6.89.